The van der Waals surface area contributed by atoms with Gasteiger partial charge in [0.05, 0.1) is 6.10 Å². The zero-order valence-corrected chi connectivity index (χ0v) is 20.2. The molecule has 2 heterocycles. The maximum atomic E-state index is 12.1. The highest BCUT2D eigenvalue weighted by atomic mass is 28.4. The summed E-state index contributed by atoms with van der Waals surface area (Å²) in [5, 5.41) is 2.87. The van der Waals surface area contributed by atoms with Gasteiger partial charge in [0.2, 0.25) is 0 Å². The first kappa shape index (κ1) is 23.6. The second kappa shape index (κ2) is 7.87. The lowest BCUT2D eigenvalue weighted by molar-refractivity contribution is -0.200. The molecule has 2 fully saturated rings. The summed E-state index contributed by atoms with van der Waals surface area (Å²) >= 11 is 0. The molecule has 0 radical (unpaired) electrons. The lowest BCUT2D eigenvalue weighted by Crippen LogP contribution is -2.55. The van der Waals surface area contributed by atoms with Crippen LogP contribution in [0.4, 0.5) is 4.79 Å². The third kappa shape index (κ3) is 6.16. The largest absolute Gasteiger partial charge is 0.444 e. The van der Waals surface area contributed by atoms with E-state index in [2.05, 4.69) is 39.2 Å². The van der Waals surface area contributed by atoms with Crippen LogP contribution in [-0.2, 0) is 23.4 Å². The van der Waals surface area contributed by atoms with Crippen molar-refractivity contribution in [2.24, 2.45) is 0 Å². The van der Waals surface area contributed by atoms with E-state index in [-0.39, 0.29) is 36.2 Å². The number of nitrogens with one attached hydrogen (secondary N) is 1. The van der Waals surface area contributed by atoms with Crippen molar-refractivity contribution in [2.75, 3.05) is 6.54 Å². The first-order valence-electron chi connectivity index (χ1n) is 10.1. The molecule has 2 saturated heterocycles. The molecule has 1 amide bonds. The standard InChI is InChI=1S/C20H39NO6Si/c1-18(2,3)26-17(22)21-12-14-16-13(24-20(7,8)25-16)11-15(23-14)27-28(9,10)19(4,5)6/h13-16H,11-12H2,1-10H3,(H,21,22). The first-order chi connectivity index (χ1) is 12.5. The van der Waals surface area contributed by atoms with Crippen LogP contribution in [0.15, 0.2) is 0 Å². The van der Waals surface area contributed by atoms with Crippen molar-refractivity contribution in [1.82, 2.24) is 5.32 Å². The van der Waals surface area contributed by atoms with E-state index in [4.69, 9.17) is 23.4 Å². The monoisotopic (exact) mass is 417 g/mol. The topological polar surface area (TPSA) is 75.3 Å². The minimum Gasteiger partial charge on any atom is -0.444 e. The average molecular weight is 418 g/mol. The van der Waals surface area contributed by atoms with Gasteiger partial charge in [0.1, 0.15) is 17.8 Å². The Balaban J connectivity index is 2.07. The summed E-state index contributed by atoms with van der Waals surface area (Å²) in [7, 11) is -2.01. The Morgan fingerprint density at radius 1 is 1.14 bits per heavy atom. The number of ether oxygens (including phenoxy) is 4. The number of hydrogen-bond acceptors (Lipinski definition) is 6. The lowest BCUT2D eigenvalue weighted by atomic mass is 10.0. The molecule has 7 nitrogen and oxygen atoms in total. The van der Waals surface area contributed by atoms with Crippen LogP contribution in [0.5, 0.6) is 0 Å². The molecule has 28 heavy (non-hydrogen) atoms. The van der Waals surface area contributed by atoms with Crippen molar-refractivity contribution in [1.29, 1.82) is 0 Å². The molecule has 1 N–H and O–H groups in total. The van der Waals surface area contributed by atoms with Gasteiger partial charge in [-0.25, -0.2) is 4.79 Å². The third-order valence-corrected chi connectivity index (χ3v) is 9.88. The lowest BCUT2D eigenvalue weighted by Gasteiger charge is -2.43. The van der Waals surface area contributed by atoms with Gasteiger partial charge in [0.25, 0.3) is 0 Å². The van der Waals surface area contributed by atoms with Gasteiger partial charge in [-0.3, -0.25) is 0 Å². The Bertz CT molecular complexity index is 566. The molecule has 0 aromatic rings. The highest BCUT2D eigenvalue weighted by Crippen LogP contribution is 2.42. The Kier molecular flexibility index (Phi) is 6.63. The van der Waals surface area contributed by atoms with Gasteiger partial charge in [0.15, 0.2) is 20.4 Å². The maximum absolute atomic E-state index is 12.1. The molecule has 8 heteroatoms. The molecule has 2 aliphatic heterocycles. The van der Waals surface area contributed by atoms with Gasteiger partial charge in [-0.2, -0.15) is 0 Å². The minimum atomic E-state index is -2.01. The molecule has 2 rings (SSSR count). The smallest absolute Gasteiger partial charge is 0.407 e. The molecule has 0 aliphatic carbocycles. The van der Waals surface area contributed by atoms with Gasteiger partial charge in [-0.15, -0.1) is 0 Å². The average Bonchev–Trinajstić information content (AvgIpc) is 2.75. The van der Waals surface area contributed by atoms with Gasteiger partial charge >= 0.3 is 6.09 Å². The fraction of sp³-hybridized carbons (Fsp3) is 0.950. The Morgan fingerprint density at radius 3 is 2.29 bits per heavy atom. The third-order valence-electron chi connectivity index (χ3n) is 5.42. The highest BCUT2D eigenvalue weighted by molar-refractivity contribution is 6.74. The summed E-state index contributed by atoms with van der Waals surface area (Å²) in [6, 6.07) is 0. The normalized spacial score (nSPS) is 30.6. The van der Waals surface area contributed by atoms with Crippen molar-refractivity contribution in [3.8, 4) is 0 Å². The number of rotatable bonds is 4. The molecule has 4 unspecified atom stereocenters. The molecular weight excluding hydrogens is 378 g/mol. The maximum Gasteiger partial charge on any atom is 0.407 e. The van der Waals surface area contributed by atoms with E-state index in [9.17, 15) is 4.79 Å². The van der Waals surface area contributed by atoms with Crippen LogP contribution in [0.25, 0.3) is 0 Å². The molecule has 164 valence electrons. The zero-order valence-electron chi connectivity index (χ0n) is 19.2. The predicted octanol–water partition coefficient (Wildman–Crippen LogP) is 4.17. The number of alkyl carbamates (subject to hydrolysis) is 1. The second-order valence-electron chi connectivity index (χ2n) is 10.7. The highest BCUT2D eigenvalue weighted by Gasteiger charge is 2.52. The summed E-state index contributed by atoms with van der Waals surface area (Å²) in [6.45, 7) is 20.6. The number of carbonyl (C=O) groups is 1. The number of amides is 1. The van der Waals surface area contributed by atoms with Crippen molar-refractivity contribution >= 4 is 14.4 Å². The fourth-order valence-electron chi connectivity index (χ4n) is 3.12. The van der Waals surface area contributed by atoms with Crippen molar-refractivity contribution < 1.29 is 28.2 Å². The molecule has 0 spiro atoms. The van der Waals surface area contributed by atoms with E-state index in [0.29, 0.717) is 6.42 Å². The molecule has 0 bridgehead atoms. The van der Waals surface area contributed by atoms with Crippen LogP contribution in [0.3, 0.4) is 0 Å². The van der Waals surface area contributed by atoms with E-state index < -0.39 is 25.8 Å². The van der Waals surface area contributed by atoms with Gasteiger partial charge in [-0.1, -0.05) is 20.8 Å². The quantitative estimate of drug-likeness (QED) is 0.692. The van der Waals surface area contributed by atoms with E-state index in [0.717, 1.165) is 0 Å². The number of carbonyl (C=O) groups excluding carboxylic acids is 1. The van der Waals surface area contributed by atoms with E-state index >= 15 is 0 Å². The second-order valence-corrected chi connectivity index (χ2v) is 15.5. The van der Waals surface area contributed by atoms with Crippen LogP contribution < -0.4 is 5.32 Å². The van der Waals surface area contributed by atoms with Gasteiger partial charge < -0.3 is 28.7 Å². The minimum absolute atomic E-state index is 0.0732. The van der Waals surface area contributed by atoms with Crippen LogP contribution >= 0.6 is 0 Å². The molecule has 0 saturated carbocycles. The van der Waals surface area contributed by atoms with Crippen LogP contribution in [0, 0.1) is 0 Å². The Hall–Kier alpha value is -0.673. The predicted molar refractivity (Wildman–Crippen MR) is 110 cm³/mol. The van der Waals surface area contributed by atoms with Crippen molar-refractivity contribution in [2.45, 2.75) is 116 Å². The molecule has 2 aliphatic rings. The van der Waals surface area contributed by atoms with Gasteiger partial charge in [0, 0.05) is 13.0 Å². The SMILES string of the molecule is CC(C)(C)OC(=O)NCC1OC(O[Si](C)(C)C(C)(C)C)CC2OC(C)(C)OC12. The number of fused-ring (bicyclic) bond motifs is 1. The summed E-state index contributed by atoms with van der Waals surface area (Å²) in [6.07, 6.45) is -1.01. The van der Waals surface area contributed by atoms with E-state index in [1.165, 1.54) is 0 Å². The van der Waals surface area contributed by atoms with Crippen molar-refractivity contribution in [3.05, 3.63) is 0 Å². The first-order valence-corrected chi connectivity index (χ1v) is 13.1. The summed E-state index contributed by atoms with van der Waals surface area (Å²) < 4.78 is 30.2. The van der Waals surface area contributed by atoms with Crippen LogP contribution in [0.2, 0.25) is 18.1 Å². The van der Waals surface area contributed by atoms with E-state index in [1.54, 1.807) is 0 Å². The summed E-state index contributed by atoms with van der Waals surface area (Å²) in [5.41, 5.74) is -0.553. The van der Waals surface area contributed by atoms with E-state index in [1.807, 2.05) is 34.6 Å². The molecule has 0 aromatic carbocycles. The molecule has 0 aromatic heterocycles. The summed E-state index contributed by atoms with van der Waals surface area (Å²) in [5.74, 6) is -0.686. The Labute approximate surface area is 170 Å². The number of hydrogen-bond donors (Lipinski definition) is 1. The van der Waals surface area contributed by atoms with Gasteiger partial charge in [-0.05, 0) is 52.8 Å². The Morgan fingerprint density at radius 2 is 1.75 bits per heavy atom. The summed E-state index contributed by atoms with van der Waals surface area (Å²) in [4.78, 5) is 12.1. The van der Waals surface area contributed by atoms with Crippen LogP contribution in [-0.4, -0.2) is 56.9 Å². The molecular formula is C20H39NO6Si. The molecule has 4 atom stereocenters. The van der Waals surface area contributed by atoms with Crippen LogP contribution in [0.1, 0.15) is 61.8 Å². The zero-order chi connectivity index (χ0) is 21.5. The van der Waals surface area contributed by atoms with Crippen molar-refractivity contribution in [3.63, 3.8) is 0 Å². The fourth-order valence-corrected chi connectivity index (χ4v) is 4.28.